The van der Waals surface area contributed by atoms with E-state index in [0.29, 0.717) is 5.92 Å². The highest BCUT2D eigenvalue weighted by Gasteiger charge is 2.18. The minimum Gasteiger partial charge on any atom is -0.454 e. The van der Waals surface area contributed by atoms with Crippen LogP contribution in [0.5, 0.6) is 0 Å². The first-order valence-corrected chi connectivity index (χ1v) is 10.3. The maximum absolute atomic E-state index is 6.53. The number of pyridine rings is 1. The molecule has 5 rings (SSSR count). The summed E-state index contributed by atoms with van der Waals surface area (Å²) >= 11 is 0. The van der Waals surface area contributed by atoms with Crippen LogP contribution >= 0.6 is 0 Å². The molecule has 146 valence electrons. The van der Waals surface area contributed by atoms with Crippen molar-refractivity contribution in [2.45, 2.75) is 34.1 Å². The first-order chi connectivity index (χ1) is 13.8. The van der Waals surface area contributed by atoms with E-state index in [2.05, 4.69) is 69.6 Å². The first-order valence-electron chi connectivity index (χ1n) is 10.3. The van der Waals surface area contributed by atoms with Gasteiger partial charge in [0.15, 0.2) is 5.58 Å². The lowest BCUT2D eigenvalue weighted by Crippen LogP contribution is -2.44. The summed E-state index contributed by atoms with van der Waals surface area (Å²) in [5.74, 6) is 0.600. The lowest BCUT2D eigenvalue weighted by Gasteiger charge is -2.18. The molecule has 0 atom stereocenters. The van der Waals surface area contributed by atoms with Gasteiger partial charge in [0.2, 0.25) is 5.36 Å². The van der Waals surface area contributed by atoms with Crippen LogP contribution in [0, 0.1) is 19.8 Å². The maximum atomic E-state index is 6.53. The molecule has 0 amide bonds. The summed E-state index contributed by atoms with van der Waals surface area (Å²) < 4.78 is 8.76. The Morgan fingerprint density at radius 2 is 1.79 bits per heavy atom. The smallest absolute Gasteiger partial charge is 0.206 e. The van der Waals surface area contributed by atoms with Gasteiger partial charge < -0.3 is 8.98 Å². The largest absolute Gasteiger partial charge is 0.454 e. The van der Waals surface area contributed by atoms with Gasteiger partial charge in [-0.2, -0.15) is 0 Å². The van der Waals surface area contributed by atoms with Crippen LogP contribution in [0.1, 0.15) is 30.5 Å². The number of nitrogens with zero attached hydrogens (tertiary/aromatic N) is 1. The van der Waals surface area contributed by atoms with Crippen LogP contribution in [-0.2, 0) is 13.5 Å². The van der Waals surface area contributed by atoms with Crippen LogP contribution in [0.3, 0.4) is 0 Å². The van der Waals surface area contributed by atoms with E-state index < -0.39 is 0 Å². The Bertz CT molecular complexity index is 1500. The van der Waals surface area contributed by atoms with Gasteiger partial charge in [0.25, 0.3) is 0 Å². The van der Waals surface area contributed by atoms with E-state index in [1.807, 2.05) is 12.1 Å². The Labute approximate surface area is 170 Å². The summed E-state index contributed by atoms with van der Waals surface area (Å²) in [6.45, 7) is 8.93. The number of rotatable bonds is 2. The van der Waals surface area contributed by atoms with Crippen LogP contribution in [0.4, 0.5) is 0 Å². The van der Waals surface area contributed by atoms with Crippen molar-refractivity contribution in [2.75, 3.05) is 0 Å². The van der Waals surface area contributed by atoms with E-state index in [0.717, 1.165) is 39.4 Å². The van der Waals surface area contributed by atoms with E-state index in [9.17, 15) is 0 Å². The molecule has 3 aromatic carbocycles. The standard InChI is InChI=1S/C26H26N2O/c1-14(2)9-17-11-18-10-15(3)16(4)24-25(18)22(12-17)29-23-13-19-20(27)7-6-8-21(19)28(5)26(23)24/h6-8,10-14,27H,9H2,1-5H3/p+1. The highest BCUT2D eigenvalue weighted by atomic mass is 16.3. The van der Waals surface area contributed by atoms with Gasteiger partial charge in [-0.3, -0.25) is 5.41 Å². The monoisotopic (exact) mass is 383 g/mol. The molecule has 0 saturated carbocycles. The number of fused-ring (bicyclic) bond motifs is 3. The number of hydrogen-bond donors (Lipinski definition) is 1. The highest BCUT2D eigenvalue weighted by Crippen LogP contribution is 2.39. The van der Waals surface area contributed by atoms with Crippen LogP contribution in [-0.4, -0.2) is 4.57 Å². The van der Waals surface area contributed by atoms with Crippen molar-refractivity contribution in [3.8, 4) is 0 Å². The van der Waals surface area contributed by atoms with Gasteiger partial charge in [0, 0.05) is 23.9 Å². The van der Waals surface area contributed by atoms with E-state index >= 15 is 0 Å². The minimum absolute atomic E-state index is 0.600. The molecule has 0 unspecified atom stereocenters. The summed E-state index contributed by atoms with van der Waals surface area (Å²) in [4.78, 5) is 0. The molecular weight excluding hydrogens is 356 g/mol. The molecule has 0 aliphatic carbocycles. The molecule has 0 bridgehead atoms. The zero-order valence-electron chi connectivity index (χ0n) is 17.8. The lowest BCUT2D eigenvalue weighted by molar-refractivity contribution is -0.170. The lowest BCUT2D eigenvalue weighted by atomic mass is 9.92. The third-order valence-corrected chi connectivity index (χ3v) is 6.20. The Morgan fingerprint density at radius 1 is 1.00 bits per heavy atom. The molecule has 0 aliphatic rings. The Balaban J connectivity index is 2.06. The average molecular weight is 384 g/mol. The third-order valence-electron chi connectivity index (χ3n) is 6.20. The number of benzene rings is 3. The van der Waals surface area contributed by atoms with Crippen molar-refractivity contribution in [1.29, 1.82) is 0 Å². The van der Waals surface area contributed by atoms with Gasteiger partial charge in [-0.25, -0.2) is 0 Å². The summed E-state index contributed by atoms with van der Waals surface area (Å²) in [5.41, 5.74) is 8.00. The second-order valence-electron chi connectivity index (χ2n) is 8.78. The van der Waals surface area contributed by atoms with E-state index in [1.54, 1.807) is 0 Å². The number of aryl methyl sites for hydroxylation is 3. The van der Waals surface area contributed by atoms with Gasteiger partial charge in [0.05, 0.1) is 16.4 Å². The van der Waals surface area contributed by atoms with Gasteiger partial charge in [-0.1, -0.05) is 32.0 Å². The fraction of sp³-hybridized carbons (Fsp3) is 0.269. The Kier molecular flexibility index (Phi) is 3.86. The molecule has 0 spiro atoms. The normalized spacial score (nSPS) is 12.2. The third kappa shape index (κ3) is 2.61. The van der Waals surface area contributed by atoms with Crippen molar-refractivity contribution in [3.63, 3.8) is 0 Å². The fourth-order valence-corrected chi connectivity index (χ4v) is 4.76. The van der Waals surface area contributed by atoms with E-state index in [4.69, 9.17) is 9.83 Å². The summed E-state index contributed by atoms with van der Waals surface area (Å²) in [5, 5.41) is 11.8. The summed E-state index contributed by atoms with van der Waals surface area (Å²) in [7, 11) is 2.11. The maximum Gasteiger partial charge on any atom is 0.206 e. The van der Waals surface area contributed by atoms with Crippen molar-refractivity contribution < 1.29 is 9.83 Å². The van der Waals surface area contributed by atoms with Crippen LogP contribution in [0.25, 0.3) is 43.7 Å². The Hall–Kier alpha value is -3.07. The minimum atomic E-state index is 0.600. The predicted molar refractivity (Wildman–Crippen MR) is 121 cm³/mol. The molecular formula is C26H27N2O+. The van der Waals surface area contributed by atoms with Crippen molar-refractivity contribution in [3.05, 3.63) is 64.5 Å². The predicted octanol–water partition coefficient (Wildman–Crippen LogP) is 4.71. The SMILES string of the molecule is Cc1cc2cc(CC(C)C)cc3oc4cc5c(=[NH2+])cccc5n(C)c4c(c1C)c23. The van der Waals surface area contributed by atoms with E-state index in [1.165, 1.54) is 32.8 Å². The number of nitrogens with two attached hydrogens (primary N) is 1. The molecule has 29 heavy (non-hydrogen) atoms. The second-order valence-corrected chi connectivity index (χ2v) is 8.78. The molecule has 0 fully saturated rings. The second kappa shape index (κ2) is 6.21. The van der Waals surface area contributed by atoms with Crippen LogP contribution in [0.2, 0.25) is 0 Å². The van der Waals surface area contributed by atoms with Crippen LogP contribution in [0.15, 0.2) is 46.9 Å². The first kappa shape index (κ1) is 18.0. The quantitative estimate of drug-likeness (QED) is 0.348. The van der Waals surface area contributed by atoms with Gasteiger partial charge in [-0.15, -0.1) is 0 Å². The fourth-order valence-electron chi connectivity index (χ4n) is 4.76. The molecule has 2 heterocycles. The molecule has 0 aliphatic heterocycles. The highest BCUT2D eigenvalue weighted by molar-refractivity contribution is 6.19. The van der Waals surface area contributed by atoms with Crippen molar-refractivity contribution in [2.24, 2.45) is 13.0 Å². The molecule has 2 N–H and O–H groups in total. The molecule has 2 aromatic heterocycles. The summed E-state index contributed by atoms with van der Waals surface area (Å²) in [6, 6.07) is 15.0. The van der Waals surface area contributed by atoms with Crippen LogP contribution < -0.4 is 10.8 Å². The van der Waals surface area contributed by atoms with Crippen molar-refractivity contribution in [1.82, 2.24) is 4.57 Å². The molecule has 0 saturated heterocycles. The van der Waals surface area contributed by atoms with Crippen molar-refractivity contribution >= 4 is 43.7 Å². The zero-order valence-corrected chi connectivity index (χ0v) is 17.8. The molecule has 5 aromatic rings. The Morgan fingerprint density at radius 3 is 2.55 bits per heavy atom. The zero-order chi connectivity index (χ0) is 20.4. The summed E-state index contributed by atoms with van der Waals surface area (Å²) in [6.07, 6.45) is 1.04. The number of aromatic nitrogens is 1. The van der Waals surface area contributed by atoms with Gasteiger partial charge >= 0.3 is 0 Å². The number of hydrogen-bond acceptors (Lipinski definition) is 1. The molecule has 0 radical (unpaired) electrons. The van der Waals surface area contributed by atoms with Gasteiger partial charge in [-0.05, 0) is 66.5 Å². The molecule has 3 nitrogen and oxygen atoms in total. The topological polar surface area (TPSA) is 43.7 Å². The average Bonchev–Trinajstić information content (AvgIpc) is 2.65. The molecule has 3 heteroatoms. The van der Waals surface area contributed by atoms with E-state index in [-0.39, 0.29) is 0 Å². The van der Waals surface area contributed by atoms with Gasteiger partial charge in [0.1, 0.15) is 5.58 Å².